The third-order valence-electron chi connectivity index (χ3n) is 11.4. The van der Waals surface area contributed by atoms with Gasteiger partial charge in [0.25, 0.3) is 0 Å². The summed E-state index contributed by atoms with van der Waals surface area (Å²) in [7, 11) is 0. The average molecular weight is 960 g/mol. The lowest BCUT2D eigenvalue weighted by Gasteiger charge is -2.18. The molecule has 0 aliphatic heterocycles. The molecule has 0 fully saturated rings. The lowest BCUT2D eigenvalue weighted by atomic mass is 10.0. The van der Waals surface area contributed by atoms with Crippen LogP contribution in [0.4, 0.5) is 4.79 Å². The summed E-state index contributed by atoms with van der Waals surface area (Å²) in [6, 6.07) is 0. The number of unbranched alkanes of at least 4 members (excludes halogenated alkanes) is 8. The largest absolute Gasteiger partial charge is 0.508 e. The van der Waals surface area contributed by atoms with Gasteiger partial charge in [-0.05, 0) is 148 Å². The van der Waals surface area contributed by atoms with Crippen molar-refractivity contribution in [3.05, 3.63) is 48.6 Å². The summed E-state index contributed by atoms with van der Waals surface area (Å²) in [4.78, 5) is 65.6. The fraction of sp³-hybridized carbons (Fsp3) is 0.768. The molecule has 0 unspecified atom stereocenters. The topological polar surface area (TPSA) is 144 Å². The Hall–Kier alpha value is -3.93. The molecule has 0 rings (SSSR count). The number of allylic oxidation sites excluding steroid dienone is 8. The second kappa shape index (κ2) is 48.1. The maximum absolute atomic E-state index is 12.7. The van der Waals surface area contributed by atoms with E-state index in [1.54, 1.807) is 0 Å². The van der Waals surface area contributed by atoms with Crippen molar-refractivity contribution in [2.24, 2.45) is 5.92 Å². The highest BCUT2D eigenvalue weighted by molar-refractivity contribution is 5.71. The van der Waals surface area contributed by atoms with E-state index in [9.17, 15) is 24.0 Å². The first kappa shape index (κ1) is 64.1. The van der Waals surface area contributed by atoms with Gasteiger partial charge in [0.15, 0.2) is 0 Å². The van der Waals surface area contributed by atoms with E-state index in [0.29, 0.717) is 57.8 Å². The summed E-state index contributed by atoms with van der Waals surface area (Å²) in [5.74, 6) is -1.83. The van der Waals surface area contributed by atoms with Gasteiger partial charge in [-0.2, -0.15) is 0 Å². The van der Waals surface area contributed by atoms with E-state index in [4.69, 9.17) is 28.4 Å². The van der Waals surface area contributed by atoms with E-state index in [-0.39, 0.29) is 63.4 Å². The third-order valence-corrected chi connectivity index (χ3v) is 11.4. The third kappa shape index (κ3) is 42.2. The van der Waals surface area contributed by atoms with Crippen molar-refractivity contribution in [3.8, 4) is 0 Å². The summed E-state index contributed by atoms with van der Waals surface area (Å²) in [5, 5.41) is 0. The highest BCUT2D eigenvalue weighted by Gasteiger charge is 2.20. The van der Waals surface area contributed by atoms with E-state index in [1.165, 1.54) is 0 Å². The standard InChI is InChI=1S/C56H97NO11/c1-7-13-17-21-27-36-50(37-28-22-18-14-8-2)67-54(60)42-33-25-31-40-52(58)64-46-49(48-66-56(62)63-45-35-44-57(11-5)12-6)47-65-53(59)41-32-26-34-43-55(61)68-51(38-29-23-19-15-9-3)39-30-24-20-16-10-4/h13-20,49-51H,7-12,21-48H2,1-6H3/b17-13-,18-14-,19-15-,20-16-. The molecule has 0 radical (unpaired) electrons. The highest BCUT2D eigenvalue weighted by Crippen LogP contribution is 2.18. The van der Waals surface area contributed by atoms with Crippen molar-refractivity contribution in [2.75, 3.05) is 46.1 Å². The Morgan fingerprint density at radius 3 is 1.10 bits per heavy atom. The first-order valence-corrected chi connectivity index (χ1v) is 26.9. The zero-order chi connectivity index (χ0) is 50.1. The van der Waals surface area contributed by atoms with Crippen molar-refractivity contribution in [3.63, 3.8) is 0 Å². The lowest BCUT2D eigenvalue weighted by molar-refractivity contribution is -0.151. The lowest BCUT2D eigenvalue weighted by Crippen LogP contribution is -2.27. The van der Waals surface area contributed by atoms with Crippen LogP contribution in [0.15, 0.2) is 48.6 Å². The second-order valence-corrected chi connectivity index (χ2v) is 17.6. The molecule has 0 aromatic heterocycles. The van der Waals surface area contributed by atoms with Crippen LogP contribution in [0.3, 0.4) is 0 Å². The molecule has 0 bridgehead atoms. The van der Waals surface area contributed by atoms with Crippen LogP contribution in [0.25, 0.3) is 0 Å². The minimum atomic E-state index is -0.830. The molecular formula is C56H97NO11. The van der Waals surface area contributed by atoms with Gasteiger partial charge < -0.3 is 33.3 Å². The molecule has 12 nitrogen and oxygen atoms in total. The molecule has 0 saturated heterocycles. The van der Waals surface area contributed by atoms with Crippen LogP contribution in [-0.2, 0) is 47.6 Å². The SMILES string of the molecule is CC/C=C\CCCC(CCC/C=C\CC)OC(=O)CCCCCC(=O)OCC(COC(=O)CCCCCC(=O)OC(CCC/C=C\CC)CCC/C=C\CC)COC(=O)OCCCN(CC)CC. The van der Waals surface area contributed by atoms with Crippen LogP contribution < -0.4 is 0 Å². The molecule has 68 heavy (non-hydrogen) atoms. The molecule has 0 aliphatic carbocycles. The van der Waals surface area contributed by atoms with Crippen molar-refractivity contribution in [2.45, 2.75) is 227 Å². The van der Waals surface area contributed by atoms with Gasteiger partial charge >= 0.3 is 30.0 Å². The van der Waals surface area contributed by atoms with E-state index in [1.807, 2.05) is 0 Å². The molecule has 0 heterocycles. The zero-order valence-corrected chi connectivity index (χ0v) is 43.8. The monoisotopic (exact) mass is 960 g/mol. The minimum Gasteiger partial charge on any atom is -0.465 e. The Morgan fingerprint density at radius 2 is 0.750 bits per heavy atom. The maximum atomic E-state index is 12.7. The van der Waals surface area contributed by atoms with Gasteiger partial charge in [-0.25, -0.2) is 4.79 Å². The molecule has 0 aromatic carbocycles. The van der Waals surface area contributed by atoms with Gasteiger partial charge in [0.2, 0.25) is 0 Å². The number of hydrogen-bond donors (Lipinski definition) is 0. The fourth-order valence-electron chi connectivity index (χ4n) is 7.36. The van der Waals surface area contributed by atoms with Crippen LogP contribution in [0.2, 0.25) is 0 Å². The van der Waals surface area contributed by atoms with E-state index >= 15 is 0 Å². The van der Waals surface area contributed by atoms with Crippen LogP contribution >= 0.6 is 0 Å². The van der Waals surface area contributed by atoms with Gasteiger partial charge in [-0.1, -0.05) is 103 Å². The van der Waals surface area contributed by atoms with E-state index in [0.717, 1.165) is 122 Å². The summed E-state index contributed by atoms with van der Waals surface area (Å²) < 4.78 is 33.5. The molecule has 392 valence electrons. The number of nitrogens with zero attached hydrogens (tertiary/aromatic N) is 1. The number of carbonyl (C=O) groups excluding carboxylic acids is 5. The first-order valence-electron chi connectivity index (χ1n) is 26.9. The Balaban J connectivity index is 4.94. The van der Waals surface area contributed by atoms with E-state index in [2.05, 4.69) is 95.1 Å². The van der Waals surface area contributed by atoms with Gasteiger partial charge in [-0.3, -0.25) is 19.2 Å². The number of carbonyl (C=O) groups is 5. The summed E-state index contributed by atoms with van der Waals surface area (Å²) >= 11 is 0. The summed E-state index contributed by atoms with van der Waals surface area (Å²) in [5.41, 5.74) is 0. The van der Waals surface area contributed by atoms with E-state index < -0.39 is 24.0 Å². The smallest absolute Gasteiger partial charge is 0.465 e. The minimum absolute atomic E-state index is 0.0834. The number of esters is 4. The molecular weight excluding hydrogens is 863 g/mol. The molecule has 0 aromatic rings. The van der Waals surface area contributed by atoms with Crippen molar-refractivity contribution in [1.29, 1.82) is 0 Å². The Morgan fingerprint density at radius 1 is 0.397 bits per heavy atom. The summed E-state index contributed by atoms with van der Waals surface area (Å²) in [6.45, 7) is 15.1. The van der Waals surface area contributed by atoms with Crippen molar-refractivity contribution in [1.82, 2.24) is 4.90 Å². The van der Waals surface area contributed by atoms with Crippen LogP contribution in [0.5, 0.6) is 0 Å². The Bertz CT molecular complexity index is 1250. The highest BCUT2D eigenvalue weighted by atomic mass is 16.7. The molecule has 0 aliphatic rings. The molecule has 0 spiro atoms. The predicted molar refractivity (Wildman–Crippen MR) is 274 cm³/mol. The average Bonchev–Trinajstić information content (AvgIpc) is 3.32. The van der Waals surface area contributed by atoms with Crippen LogP contribution in [0, 0.1) is 5.92 Å². The number of ether oxygens (including phenoxy) is 6. The zero-order valence-electron chi connectivity index (χ0n) is 43.8. The Kier molecular flexibility index (Phi) is 45.3. The summed E-state index contributed by atoms with van der Waals surface area (Å²) in [6.07, 6.45) is 37.0. The Labute approximate surface area is 413 Å². The molecule has 0 saturated carbocycles. The van der Waals surface area contributed by atoms with Gasteiger partial charge in [0.1, 0.15) is 32.0 Å². The normalized spacial score (nSPS) is 11.9. The molecule has 0 amide bonds. The first-order chi connectivity index (χ1) is 33.1. The van der Waals surface area contributed by atoms with Crippen molar-refractivity contribution >= 4 is 30.0 Å². The van der Waals surface area contributed by atoms with Crippen LogP contribution in [-0.4, -0.2) is 93.2 Å². The molecule has 12 heteroatoms. The second-order valence-electron chi connectivity index (χ2n) is 17.6. The van der Waals surface area contributed by atoms with Gasteiger partial charge in [0, 0.05) is 32.2 Å². The van der Waals surface area contributed by atoms with Crippen LogP contribution in [0.1, 0.15) is 215 Å². The predicted octanol–water partition coefficient (Wildman–Crippen LogP) is 13.8. The molecule has 0 atom stereocenters. The van der Waals surface area contributed by atoms with Crippen molar-refractivity contribution < 1.29 is 52.4 Å². The molecule has 0 N–H and O–H groups in total. The van der Waals surface area contributed by atoms with Gasteiger partial charge in [0.05, 0.1) is 12.5 Å². The quantitative estimate of drug-likeness (QED) is 0.0248. The van der Waals surface area contributed by atoms with Gasteiger partial charge in [-0.15, -0.1) is 0 Å². The number of rotatable bonds is 46. The maximum Gasteiger partial charge on any atom is 0.508 e. The fourth-order valence-corrected chi connectivity index (χ4v) is 7.36. The number of hydrogen-bond acceptors (Lipinski definition) is 12.